The Bertz CT molecular complexity index is 1240. The Morgan fingerprint density at radius 2 is 1.58 bits per heavy atom. The average Bonchev–Trinajstić information content (AvgIpc) is 3.61. The molecule has 2 saturated heterocycles. The van der Waals surface area contributed by atoms with Crippen LogP contribution in [0.3, 0.4) is 0 Å². The number of aromatic nitrogens is 1. The molecule has 3 aromatic rings. The van der Waals surface area contributed by atoms with Crippen molar-refractivity contribution in [1.29, 1.82) is 0 Å². The van der Waals surface area contributed by atoms with Gasteiger partial charge < -0.3 is 19.1 Å². The van der Waals surface area contributed by atoms with Crippen molar-refractivity contribution in [2.45, 2.75) is 18.8 Å². The van der Waals surface area contributed by atoms with Crippen molar-refractivity contribution in [3.8, 4) is 0 Å². The van der Waals surface area contributed by atoms with Crippen molar-refractivity contribution in [2.24, 2.45) is 0 Å². The first-order valence-corrected chi connectivity index (χ1v) is 13.0. The number of thiazole rings is 1. The molecule has 188 valence electrons. The van der Waals surface area contributed by atoms with Gasteiger partial charge in [-0.2, -0.15) is 0 Å². The van der Waals surface area contributed by atoms with Crippen LogP contribution in [0.5, 0.6) is 0 Å². The summed E-state index contributed by atoms with van der Waals surface area (Å²) in [6, 6.07) is 7.52. The van der Waals surface area contributed by atoms with Crippen LogP contribution in [0, 0.1) is 5.82 Å². The van der Waals surface area contributed by atoms with Crippen LogP contribution >= 0.6 is 22.9 Å². The van der Waals surface area contributed by atoms with E-state index in [0.29, 0.717) is 63.6 Å². The molecule has 36 heavy (non-hydrogen) atoms. The predicted octanol–water partition coefficient (Wildman–Crippen LogP) is 4.15. The summed E-state index contributed by atoms with van der Waals surface area (Å²) in [7, 11) is 0. The summed E-state index contributed by atoms with van der Waals surface area (Å²) in [6.07, 6.45) is 2.81. The van der Waals surface area contributed by atoms with Crippen molar-refractivity contribution in [1.82, 2.24) is 19.7 Å². The van der Waals surface area contributed by atoms with Crippen molar-refractivity contribution in [3.63, 3.8) is 0 Å². The van der Waals surface area contributed by atoms with Gasteiger partial charge in [-0.3, -0.25) is 14.4 Å². The van der Waals surface area contributed by atoms with Gasteiger partial charge in [0.1, 0.15) is 11.5 Å². The van der Waals surface area contributed by atoms with Crippen LogP contribution in [-0.4, -0.2) is 76.7 Å². The molecule has 0 unspecified atom stereocenters. The van der Waals surface area contributed by atoms with E-state index in [0.717, 1.165) is 5.01 Å². The number of piperazine rings is 1. The third-order valence-corrected chi connectivity index (χ3v) is 7.96. The number of nitrogens with zero attached hydrogens (tertiary/aromatic N) is 4. The number of carbonyl (C=O) groups excluding carboxylic acids is 3. The zero-order valence-electron chi connectivity index (χ0n) is 19.4. The van der Waals surface area contributed by atoms with Gasteiger partial charge in [0.05, 0.1) is 21.9 Å². The molecule has 0 N–H and O–H groups in total. The predicted molar refractivity (Wildman–Crippen MR) is 132 cm³/mol. The van der Waals surface area contributed by atoms with Gasteiger partial charge in [0, 0.05) is 50.6 Å². The maximum atomic E-state index is 14.2. The maximum Gasteiger partial charge on any atom is 0.289 e. The Hall–Kier alpha value is -3.24. The largest absolute Gasteiger partial charge is 0.459 e. The molecule has 2 fully saturated rings. The highest BCUT2D eigenvalue weighted by Gasteiger charge is 2.31. The molecule has 1 aromatic carbocycles. The standard InChI is InChI=1S/C25H24ClFN4O4S/c26-17-3-1-4-18(27)21(17)25(34)29-8-6-16(7-9-29)22-28-19(15-36-22)23(32)30-10-12-31(13-11-30)24(33)20-5-2-14-35-20/h1-5,14-16H,6-13H2. The van der Waals surface area contributed by atoms with Gasteiger partial charge in [-0.1, -0.05) is 17.7 Å². The Morgan fingerprint density at radius 1 is 0.917 bits per heavy atom. The highest BCUT2D eigenvalue weighted by molar-refractivity contribution is 7.09. The van der Waals surface area contributed by atoms with Gasteiger partial charge in [-0.25, -0.2) is 9.37 Å². The highest BCUT2D eigenvalue weighted by Crippen LogP contribution is 2.32. The Labute approximate surface area is 216 Å². The number of likely N-dealkylation sites (tertiary alicyclic amines) is 1. The van der Waals surface area contributed by atoms with E-state index >= 15 is 0 Å². The fourth-order valence-corrected chi connectivity index (χ4v) is 5.80. The maximum absolute atomic E-state index is 14.2. The molecule has 0 spiro atoms. The van der Waals surface area contributed by atoms with Crippen LogP contribution in [0.25, 0.3) is 0 Å². The minimum absolute atomic E-state index is 0.0919. The Balaban J connectivity index is 1.15. The normalized spacial score (nSPS) is 16.9. The lowest BCUT2D eigenvalue weighted by molar-refractivity contribution is 0.0515. The summed E-state index contributed by atoms with van der Waals surface area (Å²) in [5.74, 6) is -0.933. The summed E-state index contributed by atoms with van der Waals surface area (Å²) in [5, 5.41) is 2.74. The molecule has 0 bridgehead atoms. The summed E-state index contributed by atoms with van der Waals surface area (Å²) in [6.45, 7) is 2.64. The zero-order valence-corrected chi connectivity index (χ0v) is 20.9. The molecule has 3 amide bonds. The molecule has 0 saturated carbocycles. The Kier molecular flexibility index (Phi) is 7.06. The fraction of sp³-hybridized carbons (Fsp3) is 0.360. The molecule has 2 aliphatic heterocycles. The van der Waals surface area contributed by atoms with E-state index in [1.807, 2.05) is 0 Å². The Morgan fingerprint density at radius 3 is 2.22 bits per heavy atom. The van der Waals surface area contributed by atoms with Gasteiger partial charge in [0.15, 0.2) is 5.76 Å². The second kappa shape index (κ2) is 10.4. The van der Waals surface area contributed by atoms with Crippen molar-refractivity contribution >= 4 is 40.7 Å². The molecule has 2 aromatic heterocycles. The molecule has 11 heteroatoms. The lowest BCUT2D eigenvalue weighted by atomic mass is 9.97. The highest BCUT2D eigenvalue weighted by atomic mass is 35.5. The van der Waals surface area contributed by atoms with Gasteiger partial charge in [0.25, 0.3) is 17.7 Å². The quantitative estimate of drug-likeness (QED) is 0.506. The van der Waals surface area contributed by atoms with E-state index in [-0.39, 0.29) is 28.3 Å². The van der Waals surface area contributed by atoms with Crippen LogP contribution in [-0.2, 0) is 0 Å². The summed E-state index contributed by atoms with van der Waals surface area (Å²) < 4.78 is 19.3. The second-order valence-electron chi connectivity index (χ2n) is 8.80. The SMILES string of the molecule is O=C(c1csc(C2CCN(C(=O)c3c(F)cccc3Cl)CC2)n1)N1CCN(C(=O)c2ccco2)CC1. The lowest BCUT2D eigenvalue weighted by Crippen LogP contribution is -2.50. The molecule has 8 nitrogen and oxygen atoms in total. The fourth-order valence-electron chi connectivity index (χ4n) is 4.59. The van der Waals surface area contributed by atoms with Crippen molar-refractivity contribution in [2.75, 3.05) is 39.3 Å². The van der Waals surface area contributed by atoms with Crippen molar-refractivity contribution < 1.29 is 23.2 Å². The second-order valence-corrected chi connectivity index (χ2v) is 10.1. The molecule has 0 aliphatic carbocycles. The number of piperidine rings is 1. The molecular weight excluding hydrogens is 507 g/mol. The number of amides is 3. The summed E-state index contributed by atoms with van der Waals surface area (Å²) in [4.78, 5) is 47.9. The van der Waals surface area contributed by atoms with Gasteiger partial charge in [-0.15, -0.1) is 11.3 Å². The summed E-state index contributed by atoms with van der Waals surface area (Å²) in [5.41, 5.74) is 0.308. The first-order chi connectivity index (χ1) is 17.4. The van der Waals surface area contributed by atoms with E-state index < -0.39 is 11.7 Å². The number of hydrogen-bond acceptors (Lipinski definition) is 6. The monoisotopic (exact) mass is 530 g/mol. The van der Waals surface area contributed by atoms with E-state index in [1.54, 1.807) is 32.2 Å². The van der Waals surface area contributed by atoms with Crippen LogP contribution in [0.15, 0.2) is 46.4 Å². The minimum Gasteiger partial charge on any atom is -0.459 e. The van der Waals surface area contributed by atoms with Crippen LogP contribution in [0.2, 0.25) is 5.02 Å². The van der Waals surface area contributed by atoms with E-state index in [2.05, 4.69) is 4.98 Å². The van der Waals surface area contributed by atoms with Crippen molar-refractivity contribution in [3.05, 3.63) is 74.8 Å². The van der Waals surface area contributed by atoms with Crippen LogP contribution in [0.1, 0.15) is 55.2 Å². The smallest absolute Gasteiger partial charge is 0.289 e. The number of rotatable bonds is 4. The van der Waals surface area contributed by atoms with Gasteiger partial charge >= 0.3 is 0 Å². The molecule has 0 radical (unpaired) electrons. The zero-order chi connectivity index (χ0) is 25.2. The van der Waals surface area contributed by atoms with Crippen LogP contribution in [0.4, 0.5) is 4.39 Å². The van der Waals surface area contributed by atoms with E-state index in [4.69, 9.17) is 16.0 Å². The minimum atomic E-state index is -0.621. The molecule has 0 atom stereocenters. The van der Waals surface area contributed by atoms with E-state index in [1.165, 1.54) is 35.8 Å². The van der Waals surface area contributed by atoms with Gasteiger partial charge in [0.2, 0.25) is 0 Å². The number of hydrogen-bond donors (Lipinski definition) is 0. The first kappa shape index (κ1) is 24.5. The molecule has 5 rings (SSSR count). The molecule has 4 heterocycles. The first-order valence-electron chi connectivity index (χ1n) is 11.7. The van der Waals surface area contributed by atoms with Gasteiger partial charge in [-0.05, 0) is 37.1 Å². The number of furan rings is 1. The third kappa shape index (κ3) is 4.87. The third-order valence-electron chi connectivity index (χ3n) is 6.64. The van der Waals surface area contributed by atoms with Crippen LogP contribution < -0.4 is 0 Å². The number of carbonyl (C=O) groups is 3. The lowest BCUT2D eigenvalue weighted by Gasteiger charge is -2.34. The summed E-state index contributed by atoms with van der Waals surface area (Å²) >= 11 is 7.50. The number of halogens is 2. The van der Waals surface area contributed by atoms with E-state index in [9.17, 15) is 18.8 Å². The molecule has 2 aliphatic rings. The average molecular weight is 531 g/mol. The number of benzene rings is 1. The molecular formula is C25H24ClFN4O4S. The topological polar surface area (TPSA) is 87.0 Å².